The highest BCUT2D eigenvalue weighted by Crippen LogP contribution is 2.36. The molecule has 0 bridgehead atoms. The first-order chi connectivity index (χ1) is 11.5. The van der Waals surface area contributed by atoms with Gasteiger partial charge in [-0.2, -0.15) is 0 Å². The van der Waals surface area contributed by atoms with Crippen LogP contribution in [0.4, 0.5) is 8.78 Å². The SMILES string of the molecule is O=C(O)C1CCC1C(=O)N1CCC(Cc2ccc(F)c(F)c2)CC1. The quantitative estimate of drug-likeness (QED) is 0.919. The standard InChI is InChI=1S/C18H21F2NO3/c19-15-4-1-12(10-16(15)20)9-11-5-7-21(8-6-11)17(22)13-2-3-14(13)18(23)24/h1,4,10-11,13-14H,2-3,5-9H2,(H,23,24). The number of carbonyl (C=O) groups excluding carboxylic acids is 1. The van der Waals surface area contributed by atoms with E-state index in [1.807, 2.05) is 0 Å². The number of carbonyl (C=O) groups is 2. The van der Waals surface area contributed by atoms with Crippen LogP contribution < -0.4 is 0 Å². The molecule has 1 aromatic carbocycles. The van der Waals surface area contributed by atoms with Gasteiger partial charge in [-0.05, 0) is 55.7 Å². The summed E-state index contributed by atoms with van der Waals surface area (Å²) in [6.45, 7) is 1.21. The Kier molecular flexibility index (Phi) is 4.83. The van der Waals surface area contributed by atoms with E-state index in [1.54, 1.807) is 11.0 Å². The van der Waals surface area contributed by atoms with Gasteiger partial charge in [0.2, 0.25) is 5.91 Å². The molecule has 0 spiro atoms. The lowest BCUT2D eigenvalue weighted by atomic mass is 9.72. The number of amides is 1. The molecule has 1 aliphatic carbocycles. The molecule has 6 heteroatoms. The normalized spacial score (nSPS) is 24.5. The Morgan fingerprint density at radius 1 is 1.04 bits per heavy atom. The highest BCUT2D eigenvalue weighted by atomic mass is 19.2. The first-order valence-corrected chi connectivity index (χ1v) is 8.41. The van der Waals surface area contributed by atoms with Gasteiger partial charge in [0.25, 0.3) is 0 Å². The largest absolute Gasteiger partial charge is 0.481 e. The molecule has 1 heterocycles. The van der Waals surface area contributed by atoms with Crippen molar-refractivity contribution < 1.29 is 23.5 Å². The van der Waals surface area contributed by atoms with Crippen molar-refractivity contribution in [1.82, 2.24) is 4.90 Å². The van der Waals surface area contributed by atoms with Gasteiger partial charge in [0, 0.05) is 13.1 Å². The van der Waals surface area contributed by atoms with E-state index in [9.17, 15) is 18.4 Å². The van der Waals surface area contributed by atoms with Gasteiger partial charge in [-0.1, -0.05) is 6.07 Å². The molecule has 2 fully saturated rings. The molecule has 2 atom stereocenters. The zero-order chi connectivity index (χ0) is 17.3. The molecular weight excluding hydrogens is 316 g/mol. The fourth-order valence-corrected chi connectivity index (χ4v) is 3.68. The summed E-state index contributed by atoms with van der Waals surface area (Å²) in [7, 11) is 0. The average Bonchev–Trinajstić information content (AvgIpc) is 2.50. The van der Waals surface area contributed by atoms with Crippen LogP contribution in [-0.2, 0) is 16.0 Å². The zero-order valence-corrected chi connectivity index (χ0v) is 13.4. The second-order valence-electron chi connectivity index (χ2n) is 6.85. The Balaban J connectivity index is 1.51. The smallest absolute Gasteiger partial charge is 0.307 e. The number of carboxylic acids is 1. The first kappa shape index (κ1) is 16.9. The second-order valence-corrected chi connectivity index (χ2v) is 6.85. The summed E-state index contributed by atoms with van der Waals surface area (Å²) in [5.41, 5.74) is 0.767. The van der Waals surface area contributed by atoms with Gasteiger partial charge < -0.3 is 10.0 Å². The molecule has 130 valence electrons. The van der Waals surface area contributed by atoms with E-state index < -0.39 is 23.5 Å². The Bertz CT molecular complexity index is 641. The third kappa shape index (κ3) is 3.42. The van der Waals surface area contributed by atoms with Gasteiger partial charge in [-0.15, -0.1) is 0 Å². The van der Waals surface area contributed by atoms with Crippen LogP contribution in [0.3, 0.4) is 0 Å². The topological polar surface area (TPSA) is 57.6 Å². The summed E-state index contributed by atoms with van der Waals surface area (Å²) >= 11 is 0. The number of hydrogen-bond acceptors (Lipinski definition) is 2. The molecule has 0 radical (unpaired) electrons. The lowest BCUT2D eigenvalue weighted by Gasteiger charge is -2.39. The van der Waals surface area contributed by atoms with Crippen LogP contribution >= 0.6 is 0 Å². The van der Waals surface area contributed by atoms with E-state index in [-0.39, 0.29) is 11.8 Å². The lowest BCUT2D eigenvalue weighted by Crippen LogP contribution is -2.48. The second kappa shape index (κ2) is 6.87. The van der Waals surface area contributed by atoms with Crippen molar-refractivity contribution in [1.29, 1.82) is 0 Å². The fourth-order valence-electron chi connectivity index (χ4n) is 3.68. The van der Waals surface area contributed by atoms with Gasteiger partial charge >= 0.3 is 5.97 Å². The summed E-state index contributed by atoms with van der Waals surface area (Å²) in [6, 6.07) is 3.98. The van der Waals surface area contributed by atoms with Crippen LogP contribution in [0.1, 0.15) is 31.2 Å². The monoisotopic (exact) mass is 337 g/mol. The van der Waals surface area contributed by atoms with E-state index in [4.69, 9.17) is 5.11 Å². The molecule has 1 saturated heterocycles. The minimum absolute atomic E-state index is 0.0417. The summed E-state index contributed by atoms with van der Waals surface area (Å²) in [5.74, 6) is -3.16. The number of benzene rings is 1. The van der Waals surface area contributed by atoms with Gasteiger partial charge in [0.15, 0.2) is 11.6 Å². The lowest BCUT2D eigenvalue weighted by molar-refractivity contribution is -0.157. The van der Waals surface area contributed by atoms with Gasteiger partial charge in [-0.3, -0.25) is 9.59 Å². The van der Waals surface area contributed by atoms with Crippen LogP contribution in [0.2, 0.25) is 0 Å². The number of halogens is 2. The number of hydrogen-bond donors (Lipinski definition) is 1. The molecule has 24 heavy (non-hydrogen) atoms. The highest BCUT2D eigenvalue weighted by Gasteiger charge is 2.43. The Morgan fingerprint density at radius 3 is 2.25 bits per heavy atom. The number of rotatable bonds is 4. The van der Waals surface area contributed by atoms with E-state index in [2.05, 4.69) is 0 Å². The van der Waals surface area contributed by atoms with E-state index in [1.165, 1.54) is 6.07 Å². The summed E-state index contributed by atoms with van der Waals surface area (Å²) in [4.78, 5) is 25.2. The molecule has 1 saturated carbocycles. The molecule has 1 N–H and O–H groups in total. The maximum atomic E-state index is 13.3. The summed E-state index contributed by atoms with van der Waals surface area (Å²) in [5, 5.41) is 9.07. The van der Waals surface area contributed by atoms with Crippen molar-refractivity contribution in [2.75, 3.05) is 13.1 Å². The van der Waals surface area contributed by atoms with E-state index in [0.29, 0.717) is 38.3 Å². The van der Waals surface area contributed by atoms with Crippen LogP contribution in [0.5, 0.6) is 0 Å². The third-order valence-electron chi connectivity index (χ3n) is 5.34. The minimum atomic E-state index is -0.882. The minimum Gasteiger partial charge on any atom is -0.481 e. The molecule has 1 aromatic rings. The predicted molar refractivity (Wildman–Crippen MR) is 83.2 cm³/mol. The van der Waals surface area contributed by atoms with Crippen molar-refractivity contribution in [2.24, 2.45) is 17.8 Å². The first-order valence-electron chi connectivity index (χ1n) is 8.41. The highest BCUT2D eigenvalue weighted by molar-refractivity contribution is 5.86. The molecule has 2 aliphatic rings. The summed E-state index contributed by atoms with van der Waals surface area (Å²) in [6.07, 6.45) is 3.51. The molecule has 3 rings (SSSR count). The summed E-state index contributed by atoms with van der Waals surface area (Å²) < 4.78 is 26.2. The van der Waals surface area contributed by atoms with Crippen LogP contribution in [0.15, 0.2) is 18.2 Å². The predicted octanol–water partition coefficient (Wildman–Crippen LogP) is 2.86. The Hall–Kier alpha value is -1.98. The molecule has 2 unspecified atom stereocenters. The average molecular weight is 337 g/mol. The fraction of sp³-hybridized carbons (Fsp3) is 0.556. The number of aliphatic carboxylic acids is 1. The molecule has 1 amide bonds. The van der Waals surface area contributed by atoms with E-state index in [0.717, 1.165) is 24.5 Å². The maximum Gasteiger partial charge on any atom is 0.307 e. The molecular formula is C18H21F2NO3. The van der Waals surface area contributed by atoms with Gasteiger partial charge in [0.05, 0.1) is 11.8 Å². The van der Waals surface area contributed by atoms with Crippen molar-refractivity contribution in [3.05, 3.63) is 35.4 Å². The van der Waals surface area contributed by atoms with Crippen molar-refractivity contribution in [3.8, 4) is 0 Å². The van der Waals surface area contributed by atoms with Crippen molar-refractivity contribution >= 4 is 11.9 Å². The van der Waals surface area contributed by atoms with Crippen molar-refractivity contribution in [2.45, 2.75) is 32.1 Å². The molecule has 4 nitrogen and oxygen atoms in total. The zero-order valence-electron chi connectivity index (χ0n) is 13.4. The van der Waals surface area contributed by atoms with Crippen LogP contribution in [0.25, 0.3) is 0 Å². The van der Waals surface area contributed by atoms with Gasteiger partial charge in [0.1, 0.15) is 0 Å². The Morgan fingerprint density at radius 2 is 1.71 bits per heavy atom. The maximum absolute atomic E-state index is 13.3. The third-order valence-corrected chi connectivity index (χ3v) is 5.34. The molecule has 0 aromatic heterocycles. The van der Waals surface area contributed by atoms with Crippen molar-refractivity contribution in [3.63, 3.8) is 0 Å². The number of carboxylic acid groups (broad SMARTS) is 1. The number of piperidine rings is 1. The van der Waals surface area contributed by atoms with E-state index >= 15 is 0 Å². The number of nitrogens with zero attached hydrogens (tertiary/aromatic N) is 1. The molecule has 1 aliphatic heterocycles. The van der Waals surface area contributed by atoms with Crippen LogP contribution in [-0.4, -0.2) is 35.0 Å². The number of likely N-dealkylation sites (tertiary alicyclic amines) is 1. The van der Waals surface area contributed by atoms with Gasteiger partial charge in [-0.25, -0.2) is 8.78 Å². The Labute approximate surface area is 139 Å². The van der Waals surface area contributed by atoms with Crippen LogP contribution in [0, 0.1) is 29.4 Å².